The Kier molecular flexibility index (Phi) is 4.38. The van der Waals surface area contributed by atoms with Crippen LogP contribution < -0.4 is 10.6 Å². The Morgan fingerprint density at radius 1 is 1.53 bits per heavy atom. The quantitative estimate of drug-likeness (QED) is 0.778. The lowest BCUT2D eigenvalue weighted by atomic mass is 10.2. The van der Waals surface area contributed by atoms with Crippen molar-refractivity contribution < 1.29 is 18.7 Å². The molecule has 0 aliphatic heterocycles. The first-order valence-electron chi connectivity index (χ1n) is 4.87. The standard InChI is InChI=1S/C10H12FN3O3/c1-3-12-10(16)14-8-7(11)6(4-5-13-8)9(15)17-2/h4-5H,3H2,1-2H3,(H2,12,13,14,16). The van der Waals surface area contributed by atoms with Crippen LogP contribution in [-0.2, 0) is 4.74 Å². The second-order valence-electron chi connectivity index (χ2n) is 3.00. The Morgan fingerprint density at radius 2 is 2.24 bits per heavy atom. The van der Waals surface area contributed by atoms with Crippen molar-refractivity contribution in [3.8, 4) is 0 Å². The first-order valence-corrected chi connectivity index (χ1v) is 4.87. The van der Waals surface area contributed by atoms with Crippen molar-refractivity contribution in [2.75, 3.05) is 19.0 Å². The molecular formula is C10H12FN3O3. The number of carbonyl (C=O) groups is 2. The van der Waals surface area contributed by atoms with Gasteiger partial charge in [0.2, 0.25) is 0 Å². The van der Waals surface area contributed by atoms with Crippen molar-refractivity contribution in [2.24, 2.45) is 0 Å². The van der Waals surface area contributed by atoms with Crippen molar-refractivity contribution in [3.05, 3.63) is 23.6 Å². The molecule has 0 aliphatic rings. The van der Waals surface area contributed by atoms with Crippen LogP contribution in [0, 0.1) is 5.82 Å². The van der Waals surface area contributed by atoms with E-state index in [0.29, 0.717) is 6.54 Å². The molecule has 17 heavy (non-hydrogen) atoms. The summed E-state index contributed by atoms with van der Waals surface area (Å²) in [7, 11) is 1.14. The van der Waals surface area contributed by atoms with E-state index >= 15 is 0 Å². The van der Waals surface area contributed by atoms with E-state index < -0.39 is 17.8 Å². The zero-order valence-corrected chi connectivity index (χ0v) is 9.41. The summed E-state index contributed by atoms with van der Waals surface area (Å²) in [6, 6.07) is 0.574. The SMILES string of the molecule is CCNC(=O)Nc1nccc(C(=O)OC)c1F. The Morgan fingerprint density at radius 3 is 2.82 bits per heavy atom. The predicted molar refractivity (Wildman–Crippen MR) is 58.2 cm³/mol. The van der Waals surface area contributed by atoms with E-state index in [0.717, 1.165) is 7.11 Å². The van der Waals surface area contributed by atoms with Gasteiger partial charge in [-0.1, -0.05) is 0 Å². The van der Waals surface area contributed by atoms with Crippen molar-refractivity contribution in [1.29, 1.82) is 0 Å². The summed E-state index contributed by atoms with van der Waals surface area (Å²) < 4.78 is 18.1. The van der Waals surface area contributed by atoms with Crippen LogP contribution in [0.3, 0.4) is 0 Å². The van der Waals surface area contributed by atoms with Crippen LogP contribution >= 0.6 is 0 Å². The number of halogens is 1. The number of pyridine rings is 1. The number of esters is 1. The smallest absolute Gasteiger partial charge is 0.341 e. The maximum absolute atomic E-state index is 13.7. The Labute approximate surface area is 97.2 Å². The van der Waals surface area contributed by atoms with Gasteiger partial charge in [0, 0.05) is 12.7 Å². The van der Waals surface area contributed by atoms with Gasteiger partial charge in [-0.05, 0) is 13.0 Å². The number of aromatic nitrogens is 1. The summed E-state index contributed by atoms with van der Waals surface area (Å²) in [5.74, 6) is -2.08. The molecule has 0 aliphatic carbocycles. The number of nitrogens with one attached hydrogen (secondary N) is 2. The Balaban J connectivity index is 2.94. The molecule has 0 aromatic carbocycles. The van der Waals surface area contributed by atoms with Gasteiger partial charge >= 0.3 is 12.0 Å². The molecule has 0 spiro atoms. The minimum Gasteiger partial charge on any atom is -0.465 e. The summed E-state index contributed by atoms with van der Waals surface area (Å²) in [5, 5.41) is 4.60. The second-order valence-corrected chi connectivity index (χ2v) is 3.00. The van der Waals surface area contributed by atoms with Crippen LogP contribution in [0.1, 0.15) is 17.3 Å². The highest BCUT2D eigenvalue weighted by Gasteiger charge is 2.17. The minimum atomic E-state index is -0.925. The summed E-state index contributed by atoms with van der Waals surface area (Å²) in [4.78, 5) is 26.0. The third kappa shape index (κ3) is 3.13. The summed E-state index contributed by atoms with van der Waals surface area (Å²) >= 11 is 0. The third-order valence-corrected chi connectivity index (χ3v) is 1.86. The highest BCUT2D eigenvalue weighted by molar-refractivity contribution is 5.93. The topological polar surface area (TPSA) is 80.3 Å². The largest absolute Gasteiger partial charge is 0.465 e. The summed E-state index contributed by atoms with van der Waals surface area (Å²) in [5.41, 5.74) is -0.283. The molecule has 0 unspecified atom stereocenters. The van der Waals surface area contributed by atoms with Crippen LogP contribution in [0.2, 0.25) is 0 Å². The summed E-state index contributed by atoms with van der Waals surface area (Å²) in [6.07, 6.45) is 1.21. The molecule has 1 aromatic heterocycles. The lowest BCUT2D eigenvalue weighted by molar-refractivity contribution is 0.0595. The van der Waals surface area contributed by atoms with Crippen molar-refractivity contribution in [3.63, 3.8) is 0 Å². The zero-order valence-electron chi connectivity index (χ0n) is 9.41. The number of ether oxygens (including phenoxy) is 1. The van der Waals surface area contributed by atoms with E-state index in [1.165, 1.54) is 12.3 Å². The maximum atomic E-state index is 13.7. The molecular weight excluding hydrogens is 229 g/mol. The fourth-order valence-corrected chi connectivity index (χ4v) is 1.11. The van der Waals surface area contributed by atoms with Crippen LogP contribution in [0.25, 0.3) is 0 Å². The summed E-state index contributed by atoms with van der Waals surface area (Å²) in [6.45, 7) is 2.11. The van der Waals surface area contributed by atoms with Gasteiger partial charge in [-0.2, -0.15) is 0 Å². The Hall–Kier alpha value is -2.18. The van der Waals surface area contributed by atoms with Gasteiger partial charge in [-0.25, -0.2) is 19.0 Å². The molecule has 92 valence electrons. The first kappa shape index (κ1) is 12.9. The number of rotatable bonds is 3. The number of anilines is 1. The number of amides is 2. The van der Waals surface area contributed by atoms with Crippen LogP contribution in [0.5, 0.6) is 0 Å². The van der Waals surface area contributed by atoms with E-state index in [1.54, 1.807) is 6.92 Å². The molecule has 6 nitrogen and oxygen atoms in total. The van der Waals surface area contributed by atoms with E-state index in [4.69, 9.17) is 0 Å². The zero-order chi connectivity index (χ0) is 12.8. The molecule has 7 heteroatoms. The van der Waals surface area contributed by atoms with Crippen molar-refractivity contribution >= 4 is 17.8 Å². The average Bonchev–Trinajstić information content (AvgIpc) is 2.31. The van der Waals surface area contributed by atoms with Crippen LogP contribution in [-0.4, -0.2) is 30.6 Å². The predicted octanol–water partition coefficient (Wildman–Crippen LogP) is 1.15. The van der Waals surface area contributed by atoms with Gasteiger partial charge < -0.3 is 10.1 Å². The lowest BCUT2D eigenvalue weighted by Crippen LogP contribution is -2.29. The molecule has 2 amide bonds. The highest BCUT2D eigenvalue weighted by atomic mass is 19.1. The molecule has 0 fully saturated rings. The van der Waals surface area contributed by atoms with Gasteiger partial charge in [0.25, 0.3) is 0 Å². The maximum Gasteiger partial charge on any atom is 0.341 e. The molecule has 0 saturated heterocycles. The van der Waals surface area contributed by atoms with E-state index in [-0.39, 0.29) is 11.4 Å². The van der Waals surface area contributed by atoms with E-state index in [9.17, 15) is 14.0 Å². The normalized spacial score (nSPS) is 9.59. The van der Waals surface area contributed by atoms with Crippen LogP contribution in [0.4, 0.5) is 15.0 Å². The molecule has 1 aromatic rings. The number of hydrogen-bond acceptors (Lipinski definition) is 4. The highest BCUT2D eigenvalue weighted by Crippen LogP contribution is 2.15. The molecule has 2 N–H and O–H groups in total. The molecule has 0 saturated carbocycles. The van der Waals surface area contributed by atoms with Gasteiger partial charge in [0.15, 0.2) is 11.6 Å². The van der Waals surface area contributed by atoms with Crippen molar-refractivity contribution in [2.45, 2.75) is 6.92 Å². The fourth-order valence-electron chi connectivity index (χ4n) is 1.11. The minimum absolute atomic E-state index is 0.283. The number of urea groups is 1. The van der Waals surface area contributed by atoms with Gasteiger partial charge in [0.1, 0.15) is 5.56 Å². The van der Waals surface area contributed by atoms with Crippen molar-refractivity contribution in [1.82, 2.24) is 10.3 Å². The molecule has 0 radical (unpaired) electrons. The van der Waals surface area contributed by atoms with Crippen LogP contribution in [0.15, 0.2) is 12.3 Å². The number of methoxy groups -OCH3 is 1. The second kappa shape index (κ2) is 5.78. The Bertz CT molecular complexity index is 437. The van der Waals surface area contributed by atoms with E-state index in [2.05, 4.69) is 20.4 Å². The first-order chi connectivity index (χ1) is 8.10. The van der Waals surface area contributed by atoms with Gasteiger partial charge in [-0.15, -0.1) is 0 Å². The molecule has 0 atom stereocenters. The average molecular weight is 241 g/mol. The molecule has 0 bridgehead atoms. The number of hydrogen-bond donors (Lipinski definition) is 2. The molecule has 1 heterocycles. The third-order valence-electron chi connectivity index (χ3n) is 1.86. The molecule has 1 rings (SSSR count). The monoisotopic (exact) mass is 241 g/mol. The van der Waals surface area contributed by atoms with E-state index in [1.807, 2.05) is 0 Å². The lowest BCUT2D eigenvalue weighted by Gasteiger charge is -2.07. The number of carbonyl (C=O) groups excluding carboxylic acids is 2. The van der Waals surface area contributed by atoms with Gasteiger partial charge in [0.05, 0.1) is 7.11 Å². The van der Waals surface area contributed by atoms with Gasteiger partial charge in [-0.3, -0.25) is 5.32 Å². The fraction of sp³-hybridized carbons (Fsp3) is 0.300. The number of nitrogens with zero attached hydrogens (tertiary/aromatic N) is 1.